The summed E-state index contributed by atoms with van der Waals surface area (Å²) in [5.74, 6) is 0.533. The van der Waals surface area contributed by atoms with Gasteiger partial charge in [-0.15, -0.1) is 0 Å². The predicted molar refractivity (Wildman–Crippen MR) is 124 cm³/mol. The quantitative estimate of drug-likeness (QED) is 0.402. The molecule has 4 aromatic carbocycles. The third kappa shape index (κ3) is 5.20. The molecule has 1 amide bonds. The molecule has 0 bridgehead atoms. The van der Waals surface area contributed by atoms with Gasteiger partial charge in [-0.25, -0.2) is 0 Å². The first-order chi connectivity index (χ1) is 15.2. The molecule has 0 aliphatic heterocycles. The maximum Gasteiger partial charge on any atom is 0.252 e. The molecule has 4 aromatic rings. The SMILES string of the molecule is Cc1ccccc1C(NC(=O)c1cccc(OCc2ccccc2)c1)c1ccccc1. The zero-order valence-corrected chi connectivity index (χ0v) is 17.5. The van der Waals surface area contributed by atoms with Crippen molar-refractivity contribution in [3.05, 3.63) is 137 Å². The average molecular weight is 408 g/mol. The first-order valence-electron chi connectivity index (χ1n) is 10.4. The van der Waals surface area contributed by atoms with Crippen LogP contribution in [0.15, 0.2) is 109 Å². The lowest BCUT2D eigenvalue weighted by Gasteiger charge is -2.22. The second kappa shape index (κ2) is 9.77. The fraction of sp³-hybridized carbons (Fsp3) is 0.107. The number of carbonyl (C=O) groups excluding carboxylic acids is 1. The zero-order chi connectivity index (χ0) is 21.5. The van der Waals surface area contributed by atoms with Crippen LogP contribution < -0.4 is 10.1 Å². The second-order valence-corrected chi connectivity index (χ2v) is 7.48. The van der Waals surface area contributed by atoms with E-state index in [4.69, 9.17) is 4.74 Å². The largest absolute Gasteiger partial charge is 0.489 e. The summed E-state index contributed by atoms with van der Waals surface area (Å²) >= 11 is 0. The molecule has 31 heavy (non-hydrogen) atoms. The van der Waals surface area contributed by atoms with Crippen molar-refractivity contribution >= 4 is 5.91 Å². The van der Waals surface area contributed by atoms with Crippen LogP contribution in [0.4, 0.5) is 0 Å². The summed E-state index contributed by atoms with van der Waals surface area (Å²) in [7, 11) is 0. The van der Waals surface area contributed by atoms with E-state index >= 15 is 0 Å². The third-order valence-corrected chi connectivity index (χ3v) is 5.25. The topological polar surface area (TPSA) is 38.3 Å². The number of ether oxygens (including phenoxy) is 1. The molecule has 0 fully saturated rings. The van der Waals surface area contributed by atoms with E-state index in [9.17, 15) is 4.79 Å². The molecular formula is C28H25NO2. The number of aryl methyl sites for hydroxylation is 1. The van der Waals surface area contributed by atoms with E-state index in [2.05, 4.69) is 24.4 Å². The zero-order valence-electron chi connectivity index (χ0n) is 17.5. The molecule has 0 radical (unpaired) electrons. The molecule has 1 unspecified atom stereocenters. The van der Waals surface area contributed by atoms with Crippen LogP contribution in [0, 0.1) is 6.92 Å². The standard InChI is InChI=1S/C28H25NO2/c1-21-11-8-9-18-26(21)27(23-14-6-3-7-15-23)29-28(30)24-16-10-17-25(19-24)31-20-22-12-4-2-5-13-22/h2-19,27H,20H2,1H3,(H,29,30). The molecule has 0 saturated heterocycles. The van der Waals surface area contributed by atoms with E-state index in [1.807, 2.05) is 91.0 Å². The van der Waals surface area contributed by atoms with Gasteiger partial charge in [0.2, 0.25) is 0 Å². The first-order valence-corrected chi connectivity index (χ1v) is 10.4. The van der Waals surface area contributed by atoms with E-state index in [0.29, 0.717) is 17.9 Å². The predicted octanol–water partition coefficient (Wildman–Crippen LogP) is 6.09. The smallest absolute Gasteiger partial charge is 0.252 e. The highest BCUT2D eigenvalue weighted by Gasteiger charge is 2.19. The fourth-order valence-corrected chi connectivity index (χ4v) is 3.58. The van der Waals surface area contributed by atoms with Crippen molar-refractivity contribution in [1.82, 2.24) is 5.32 Å². The van der Waals surface area contributed by atoms with Gasteiger partial charge in [0.15, 0.2) is 0 Å². The number of hydrogen-bond acceptors (Lipinski definition) is 2. The van der Waals surface area contributed by atoms with Crippen LogP contribution in [0.5, 0.6) is 5.75 Å². The molecule has 3 nitrogen and oxygen atoms in total. The number of carbonyl (C=O) groups is 1. The highest BCUT2D eigenvalue weighted by atomic mass is 16.5. The van der Waals surface area contributed by atoms with Gasteiger partial charge in [0.25, 0.3) is 5.91 Å². The first kappa shape index (κ1) is 20.4. The van der Waals surface area contributed by atoms with Crippen LogP contribution in [-0.4, -0.2) is 5.91 Å². The van der Waals surface area contributed by atoms with Crippen molar-refractivity contribution in [2.45, 2.75) is 19.6 Å². The van der Waals surface area contributed by atoms with Crippen molar-refractivity contribution in [2.24, 2.45) is 0 Å². The minimum absolute atomic E-state index is 0.137. The van der Waals surface area contributed by atoms with Gasteiger partial charge in [0.05, 0.1) is 6.04 Å². The second-order valence-electron chi connectivity index (χ2n) is 7.48. The molecule has 0 heterocycles. The Morgan fingerprint density at radius 3 is 2.23 bits per heavy atom. The Labute approximate surface area is 183 Å². The van der Waals surface area contributed by atoms with Gasteiger partial charge in [0.1, 0.15) is 12.4 Å². The number of nitrogens with one attached hydrogen (secondary N) is 1. The summed E-state index contributed by atoms with van der Waals surface area (Å²) in [5.41, 5.74) is 4.91. The molecule has 154 valence electrons. The lowest BCUT2D eigenvalue weighted by Crippen LogP contribution is -2.29. The van der Waals surface area contributed by atoms with Gasteiger partial charge in [-0.3, -0.25) is 4.79 Å². The fourth-order valence-electron chi connectivity index (χ4n) is 3.58. The molecule has 0 saturated carbocycles. The Bertz CT molecular complexity index is 1140. The Morgan fingerprint density at radius 1 is 0.806 bits per heavy atom. The summed E-state index contributed by atoms with van der Waals surface area (Å²) in [6.45, 7) is 2.53. The third-order valence-electron chi connectivity index (χ3n) is 5.25. The molecule has 0 aliphatic carbocycles. The summed E-state index contributed by atoms with van der Waals surface area (Å²) < 4.78 is 5.90. The average Bonchev–Trinajstić information content (AvgIpc) is 2.83. The summed E-state index contributed by atoms with van der Waals surface area (Å²) in [6.07, 6.45) is 0. The minimum atomic E-state index is -0.233. The Kier molecular flexibility index (Phi) is 6.44. The lowest BCUT2D eigenvalue weighted by molar-refractivity contribution is 0.0942. The van der Waals surface area contributed by atoms with Crippen LogP contribution in [0.3, 0.4) is 0 Å². The summed E-state index contributed by atoms with van der Waals surface area (Å²) in [5, 5.41) is 3.21. The Balaban J connectivity index is 1.54. The number of benzene rings is 4. The Morgan fingerprint density at radius 2 is 1.48 bits per heavy atom. The monoisotopic (exact) mass is 407 g/mol. The number of hydrogen-bond donors (Lipinski definition) is 1. The highest BCUT2D eigenvalue weighted by Crippen LogP contribution is 2.25. The van der Waals surface area contributed by atoms with Gasteiger partial charge in [-0.1, -0.05) is 91.0 Å². The minimum Gasteiger partial charge on any atom is -0.489 e. The molecule has 0 aliphatic rings. The van der Waals surface area contributed by atoms with Crippen LogP contribution >= 0.6 is 0 Å². The van der Waals surface area contributed by atoms with Crippen LogP contribution in [0.25, 0.3) is 0 Å². The molecule has 0 spiro atoms. The molecule has 1 N–H and O–H groups in total. The maximum atomic E-state index is 13.2. The number of amides is 1. The molecule has 0 aromatic heterocycles. The van der Waals surface area contributed by atoms with E-state index in [1.165, 1.54) is 0 Å². The summed E-state index contributed by atoms with van der Waals surface area (Å²) in [4.78, 5) is 13.2. The van der Waals surface area contributed by atoms with E-state index in [1.54, 1.807) is 6.07 Å². The van der Waals surface area contributed by atoms with Gasteiger partial charge in [-0.2, -0.15) is 0 Å². The molecule has 1 atom stereocenters. The van der Waals surface area contributed by atoms with Crippen LogP contribution in [0.2, 0.25) is 0 Å². The lowest BCUT2D eigenvalue weighted by atomic mass is 9.94. The normalized spacial score (nSPS) is 11.5. The van der Waals surface area contributed by atoms with E-state index < -0.39 is 0 Å². The van der Waals surface area contributed by atoms with Crippen molar-refractivity contribution < 1.29 is 9.53 Å². The van der Waals surface area contributed by atoms with Crippen molar-refractivity contribution in [3.8, 4) is 5.75 Å². The van der Waals surface area contributed by atoms with Crippen molar-refractivity contribution in [2.75, 3.05) is 0 Å². The van der Waals surface area contributed by atoms with Crippen LogP contribution in [0.1, 0.15) is 38.7 Å². The summed E-state index contributed by atoms with van der Waals surface area (Å²) in [6, 6.07) is 35.2. The van der Waals surface area contributed by atoms with Gasteiger partial charge in [-0.05, 0) is 47.4 Å². The van der Waals surface area contributed by atoms with Crippen LogP contribution in [-0.2, 0) is 6.61 Å². The Hall–Kier alpha value is -3.85. The van der Waals surface area contributed by atoms with E-state index in [0.717, 1.165) is 22.3 Å². The van der Waals surface area contributed by atoms with E-state index in [-0.39, 0.29) is 11.9 Å². The van der Waals surface area contributed by atoms with Gasteiger partial charge >= 0.3 is 0 Å². The molecule has 4 rings (SSSR count). The maximum absolute atomic E-state index is 13.2. The molecule has 3 heteroatoms. The molecular weight excluding hydrogens is 382 g/mol. The van der Waals surface area contributed by atoms with Gasteiger partial charge in [0, 0.05) is 5.56 Å². The highest BCUT2D eigenvalue weighted by molar-refractivity contribution is 5.95. The van der Waals surface area contributed by atoms with Gasteiger partial charge < -0.3 is 10.1 Å². The van der Waals surface area contributed by atoms with Crippen molar-refractivity contribution in [3.63, 3.8) is 0 Å². The van der Waals surface area contributed by atoms with Crippen molar-refractivity contribution in [1.29, 1.82) is 0 Å². The number of rotatable bonds is 7.